The van der Waals surface area contributed by atoms with Gasteiger partial charge in [0.05, 0.1) is 5.56 Å². The number of benzene rings is 2. The summed E-state index contributed by atoms with van der Waals surface area (Å²) in [6.07, 6.45) is 0. The zero-order valence-corrected chi connectivity index (χ0v) is 16.0. The molecule has 0 saturated heterocycles. The normalized spacial score (nSPS) is 10.8. The third kappa shape index (κ3) is 5.83. The molecule has 0 radical (unpaired) electrons. The standard InChI is InChI=1S/C19H22BrFN2O2/c1-3-23(4-2)11-12-25-16-8-6-15(7-9-16)22-19(24)17-13-14(21)5-10-18(17)20/h5-10,13H,3-4,11-12H2,1-2H3,(H,22,24). The molecule has 0 atom stereocenters. The lowest BCUT2D eigenvalue weighted by Gasteiger charge is -2.18. The molecule has 2 rings (SSSR count). The fourth-order valence-electron chi connectivity index (χ4n) is 2.34. The number of carbonyl (C=O) groups is 1. The topological polar surface area (TPSA) is 41.6 Å². The average molecular weight is 409 g/mol. The van der Waals surface area contributed by atoms with Crippen molar-refractivity contribution < 1.29 is 13.9 Å². The summed E-state index contributed by atoms with van der Waals surface area (Å²) < 4.78 is 19.6. The van der Waals surface area contributed by atoms with Crippen molar-refractivity contribution in [3.63, 3.8) is 0 Å². The molecule has 0 aliphatic rings. The van der Waals surface area contributed by atoms with Gasteiger partial charge in [-0.05, 0) is 71.5 Å². The maximum Gasteiger partial charge on any atom is 0.256 e. The predicted molar refractivity (Wildman–Crippen MR) is 102 cm³/mol. The fourth-order valence-corrected chi connectivity index (χ4v) is 2.76. The lowest BCUT2D eigenvalue weighted by molar-refractivity contribution is 0.102. The van der Waals surface area contributed by atoms with Gasteiger partial charge in [0.25, 0.3) is 5.91 Å². The first-order valence-corrected chi connectivity index (χ1v) is 9.04. The van der Waals surface area contributed by atoms with E-state index in [0.717, 1.165) is 25.4 Å². The molecule has 0 fully saturated rings. The van der Waals surface area contributed by atoms with E-state index in [2.05, 4.69) is 40.0 Å². The zero-order valence-electron chi connectivity index (χ0n) is 14.4. The molecule has 1 amide bonds. The van der Waals surface area contributed by atoms with Crippen LogP contribution in [0, 0.1) is 5.82 Å². The van der Waals surface area contributed by atoms with Gasteiger partial charge >= 0.3 is 0 Å². The summed E-state index contributed by atoms with van der Waals surface area (Å²) in [6.45, 7) is 7.74. The molecule has 0 spiro atoms. The van der Waals surface area contributed by atoms with E-state index in [9.17, 15) is 9.18 Å². The van der Waals surface area contributed by atoms with Crippen LogP contribution in [-0.2, 0) is 0 Å². The molecule has 6 heteroatoms. The molecule has 1 N–H and O–H groups in total. The Morgan fingerprint density at radius 2 is 1.84 bits per heavy atom. The third-order valence-electron chi connectivity index (χ3n) is 3.86. The van der Waals surface area contributed by atoms with Gasteiger partial charge in [0, 0.05) is 16.7 Å². The summed E-state index contributed by atoms with van der Waals surface area (Å²) in [5.74, 6) is -0.0797. The van der Waals surface area contributed by atoms with Crippen LogP contribution < -0.4 is 10.1 Å². The summed E-state index contributed by atoms with van der Waals surface area (Å²) in [7, 11) is 0. The van der Waals surface area contributed by atoms with Crippen LogP contribution in [-0.4, -0.2) is 37.0 Å². The first-order valence-electron chi connectivity index (χ1n) is 8.25. The average Bonchev–Trinajstić information content (AvgIpc) is 2.62. The van der Waals surface area contributed by atoms with Crippen LogP contribution in [0.25, 0.3) is 0 Å². The monoisotopic (exact) mass is 408 g/mol. The van der Waals surface area contributed by atoms with Crippen molar-refractivity contribution in [3.8, 4) is 5.75 Å². The van der Waals surface area contributed by atoms with Gasteiger partial charge in [0.15, 0.2) is 0 Å². The molecule has 0 heterocycles. The van der Waals surface area contributed by atoms with Gasteiger partial charge in [-0.25, -0.2) is 4.39 Å². The van der Waals surface area contributed by atoms with Crippen molar-refractivity contribution >= 4 is 27.5 Å². The zero-order chi connectivity index (χ0) is 18.2. The summed E-state index contributed by atoms with van der Waals surface area (Å²) in [5, 5.41) is 2.75. The Hall–Kier alpha value is -1.92. The SMILES string of the molecule is CCN(CC)CCOc1ccc(NC(=O)c2cc(F)ccc2Br)cc1. The van der Waals surface area contributed by atoms with Gasteiger partial charge < -0.3 is 15.0 Å². The van der Waals surface area contributed by atoms with Crippen LogP contribution in [0.1, 0.15) is 24.2 Å². The Morgan fingerprint density at radius 3 is 2.48 bits per heavy atom. The highest BCUT2D eigenvalue weighted by molar-refractivity contribution is 9.10. The molecule has 0 aromatic heterocycles. The minimum absolute atomic E-state index is 0.250. The number of halogens is 2. The van der Waals surface area contributed by atoms with E-state index in [-0.39, 0.29) is 11.5 Å². The predicted octanol–water partition coefficient (Wildman–Crippen LogP) is 4.56. The maximum absolute atomic E-state index is 13.3. The highest BCUT2D eigenvalue weighted by atomic mass is 79.9. The molecule has 0 unspecified atom stereocenters. The number of carbonyl (C=O) groups excluding carboxylic acids is 1. The number of likely N-dealkylation sites (N-methyl/N-ethyl adjacent to an activating group) is 1. The molecule has 0 aliphatic heterocycles. The van der Waals surface area contributed by atoms with Crippen molar-refractivity contribution in [2.75, 3.05) is 31.6 Å². The van der Waals surface area contributed by atoms with E-state index in [1.165, 1.54) is 18.2 Å². The molecule has 134 valence electrons. The van der Waals surface area contributed by atoms with E-state index in [1.54, 1.807) is 24.3 Å². The van der Waals surface area contributed by atoms with Crippen molar-refractivity contribution in [2.24, 2.45) is 0 Å². The maximum atomic E-state index is 13.3. The van der Waals surface area contributed by atoms with Crippen LogP contribution in [0.3, 0.4) is 0 Å². The highest BCUT2D eigenvalue weighted by Crippen LogP contribution is 2.21. The molecule has 2 aromatic rings. The Balaban J connectivity index is 1.91. The Bertz CT molecular complexity index is 703. The quantitative estimate of drug-likeness (QED) is 0.695. The van der Waals surface area contributed by atoms with Gasteiger partial charge in [0.2, 0.25) is 0 Å². The van der Waals surface area contributed by atoms with Crippen LogP contribution in [0.2, 0.25) is 0 Å². The molecule has 0 bridgehead atoms. The van der Waals surface area contributed by atoms with Crippen molar-refractivity contribution in [1.82, 2.24) is 4.90 Å². The van der Waals surface area contributed by atoms with E-state index < -0.39 is 5.82 Å². The number of ether oxygens (including phenoxy) is 1. The smallest absolute Gasteiger partial charge is 0.256 e. The minimum Gasteiger partial charge on any atom is -0.492 e. The minimum atomic E-state index is -0.453. The second-order valence-corrected chi connectivity index (χ2v) is 6.33. The lowest BCUT2D eigenvalue weighted by atomic mass is 10.2. The number of hydrogen-bond donors (Lipinski definition) is 1. The molecule has 0 aliphatic carbocycles. The highest BCUT2D eigenvalue weighted by Gasteiger charge is 2.11. The van der Waals surface area contributed by atoms with Gasteiger partial charge in [0.1, 0.15) is 18.2 Å². The van der Waals surface area contributed by atoms with Crippen molar-refractivity contribution in [2.45, 2.75) is 13.8 Å². The number of amides is 1. The lowest BCUT2D eigenvalue weighted by Crippen LogP contribution is -2.27. The van der Waals surface area contributed by atoms with E-state index in [4.69, 9.17) is 4.74 Å². The summed E-state index contributed by atoms with van der Waals surface area (Å²) in [6, 6.07) is 11.1. The van der Waals surface area contributed by atoms with Gasteiger partial charge in [-0.1, -0.05) is 13.8 Å². The molecule has 0 saturated carbocycles. The van der Waals surface area contributed by atoms with E-state index in [0.29, 0.717) is 16.8 Å². The summed E-state index contributed by atoms with van der Waals surface area (Å²) in [4.78, 5) is 14.5. The number of nitrogens with one attached hydrogen (secondary N) is 1. The van der Waals surface area contributed by atoms with Crippen LogP contribution in [0.4, 0.5) is 10.1 Å². The molecule has 4 nitrogen and oxygen atoms in total. The molecule has 2 aromatic carbocycles. The number of rotatable bonds is 8. The first-order chi connectivity index (χ1) is 12.0. The second-order valence-electron chi connectivity index (χ2n) is 5.48. The Morgan fingerprint density at radius 1 is 1.16 bits per heavy atom. The largest absolute Gasteiger partial charge is 0.492 e. The van der Waals surface area contributed by atoms with E-state index in [1.807, 2.05) is 0 Å². The molecular weight excluding hydrogens is 387 g/mol. The Labute approximate surface area is 156 Å². The summed E-state index contributed by atoms with van der Waals surface area (Å²) in [5.41, 5.74) is 0.872. The third-order valence-corrected chi connectivity index (χ3v) is 4.55. The van der Waals surface area contributed by atoms with Gasteiger partial charge in [-0.15, -0.1) is 0 Å². The van der Waals surface area contributed by atoms with Crippen LogP contribution in [0.5, 0.6) is 5.75 Å². The van der Waals surface area contributed by atoms with Crippen molar-refractivity contribution in [3.05, 3.63) is 58.3 Å². The number of nitrogens with zero attached hydrogens (tertiary/aromatic N) is 1. The van der Waals surface area contributed by atoms with Crippen LogP contribution >= 0.6 is 15.9 Å². The first kappa shape index (κ1) is 19.4. The number of anilines is 1. The van der Waals surface area contributed by atoms with Crippen LogP contribution in [0.15, 0.2) is 46.9 Å². The summed E-state index contributed by atoms with van der Waals surface area (Å²) >= 11 is 3.26. The number of hydrogen-bond acceptors (Lipinski definition) is 3. The fraction of sp³-hybridized carbons (Fsp3) is 0.316. The molecular formula is C19H22BrFN2O2. The van der Waals surface area contributed by atoms with Crippen molar-refractivity contribution in [1.29, 1.82) is 0 Å². The van der Waals surface area contributed by atoms with Gasteiger partial charge in [-0.2, -0.15) is 0 Å². The second kappa shape index (κ2) is 9.53. The van der Waals surface area contributed by atoms with Gasteiger partial charge in [-0.3, -0.25) is 4.79 Å². The van der Waals surface area contributed by atoms with E-state index >= 15 is 0 Å². The Kier molecular flexibility index (Phi) is 7.40. The molecule has 25 heavy (non-hydrogen) atoms.